The van der Waals surface area contributed by atoms with Gasteiger partial charge in [0.05, 0.1) is 18.5 Å². The molecule has 5 atom stereocenters. The van der Waals surface area contributed by atoms with Crippen LogP contribution in [0.3, 0.4) is 0 Å². The van der Waals surface area contributed by atoms with Crippen molar-refractivity contribution in [1.29, 1.82) is 0 Å². The summed E-state index contributed by atoms with van der Waals surface area (Å²) in [6, 6.07) is -5.26. The Balaban J connectivity index is 2.91. The van der Waals surface area contributed by atoms with Gasteiger partial charge in [-0.15, -0.1) is 0 Å². The van der Waals surface area contributed by atoms with Gasteiger partial charge in [-0.3, -0.25) is 19.2 Å². The first kappa shape index (κ1) is 29.9. The standard InChI is InChI=1S/C20H32N6O8S/c1-10(27)16(26-17(30)12(21)7-11-8-22-9-23-11)19(32)24-13(3-4-15(28)29)18(31)25-14(20(33)34)5-6-35-2/h8-10,12-14,16,27H,3-7,21H2,1-2H3,(H,22,23)(H,24,32)(H,25,31)(H,26,30)(H,28,29)(H,33,34). The molecule has 14 nitrogen and oxygen atoms in total. The molecule has 35 heavy (non-hydrogen) atoms. The molecule has 5 unspecified atom stereocenters. The molecule has 1 aromatic rings. The van der Waals surface area contributed by atoms with E-state index in [0.29, 0.717) is 11.4 Å². The summed E-state index contributed by atoms with van der Waals surface area (Å²) in [5.41, 5.74) is 6.43. The van der Waals surface area contributed by atoms with Crippen molar-refractivity contribution in [3.63, 3.8) is 0 Å². The van der Waals surface area contributed by atoms with E-state index in [-0.39, 0.29) is 19.3 Å². The number of rotatable bonds is 16. The van der Waals surface area contributed by atoms with E-state index in [1.807, 2.05) is 0 Å². The van der Waals surface area contributed by atoms with Gasteiger partial charge in [0.2, 0.25) is 17.7 Å². The topological polar surface area (TPSA) is 237 Å². The Bertz CT molecular complexity index is 866. The summed E-state index contributed by atoms with van der Waals surface area (Å²) in [6.07, 6.45) is 2.60. The van der Waals surface area contributed by atoms with Crippen molar-refractivity contribution in [3.8, 4) is 0 Å². The SMILES string of the molecule is CSCCC(NC(=O)C(CCC(=O)O)NC(=O)C(NC(=O)C(N)Cc1cnc[nH]1)C(C)O)C(=O)O. The number of hydrogen-bond donors (Lipinski definition) is 8. The number of carbonyl (C=O) groups excluding carboxylic acids is 3. The number of carboxylic acid groups (broad SMARTS) is 2. The molecule has 15 heteroatoms. The van der Waals surface area contributed by atoms with Crippen LogP contribution < -0.4 is 21.7 Å². The van der Waals surface area contributed by atoms with Crippen LogP contribution in [0.15, 0.2) is 12.5 Å². The van der Waals surface area contributed by atoms with Crippen LogP contribution in [0.2, 0.25) is 0 Å². The number of hydrogen-bond acceptors (Lipinski definition) is 9. The third kappa shape index (κ3) is 10.7. The van der Waals surface area contributed by atoms with E-state index in [9.17, 15) is 34.2 Å². The van der Waals surface area contributed by atoms with E-state index in [2.05, 4.69) is 25.9 Å². The highest BCUT2D eigenvalue weighted by molar-refractivity contribution is 7.98. The number of aliphatic hydroxyl groups excluding tert-OH is 1. The summed E-state index contributed by atoms with van der Waals surface area (Å²) < 4.78 is 0. The Kier molecular flexibility index (Phi) is 12.8. The molecule has 3 amide bonds. The van der Waals surface area contributed by atoms with Gasteiger partial charge in [0.25, 0.3) is 0 Å². The Morgan fingerprint density at radius 3 is 2.23 bits per heavy atom. The number of nitrogens with two attached hydrogens (primary N) is 1. The van der Waals surface area contributed by atoms with Crippen LogP contribution in [-0.2, 0) is 30.4 Å². The molecule has 1 aromatic heterocycles. The van der Waals surface area contributed by atoms with Crippen molar-refractivity contribution < 1.29 is 39.3 Å². The Labute approximate surface area is 205 Å². The van der Waals surface area contributed by atoms with E-state index in [0.717, 1.165) is 0 Å². The molecule has 196 valence electrons. The highest BCUT2D eigenvalue weighted by Crippen LogP contribution is 2.06. The molecule has 0 aliphatic carbocycles. The maximum atomic E-state index is 12.8. The summed E-state index contributed by atoms with van der Waals surface area (Å²) in [7, 11) is 0. The number of aromatic nitrogens is 2. The number of nitrogens with zero attached hydrogens (tertiary/aromatic N) is 1. The summed E-state index contributed by atoms with van der Waals surface area (Å²) in [6.45, 7) is 1.24. The number of aliphatic hydroxyl groups is 1. The van der Waals surface area contributed by atoms with Crippen molar-refractivity contribution in [2.24, 2.45) is 5.73 Å². The molecule has 0 bridgehead atoms. The maximum absolute atomic E-state index is 12.8. The van der Waals surface area contributed by atoms with Crippen LogP contribution >= 0.6 is 11.8 Å². The van der Waals surface area contributed by atoms with Gasteiger partial charge in [-0.25, -0.2) is 9.78 Å². The number of carbonyl (C=O) groups is 5. The molecular formula is C20H32N6O8S. The van der Waals surface area contributed by atoms with Gasteiger partial charge in [0.1, 0.15) is 18.1 Å². The Morgan fingerprint density at radius 2 is 1.71 bits per heavy atom. The van der Waals surface area contributed by atoms with Crippen molar-refractivity contribution in [2.75, 3.05) is 12.0 Å². The Hall–Kier alpha value is -3.17. The van der Waals surface area contributed by atoms with Crippen LogP contribution in [0.4, 0.5) is 0 Å². The van der Waals surface area contributed by atoms with Gasteiger partial charge >= 0.3 is 11.9 Å². The fraction of sp³-hybridized carbons (Fsp3) is 0.600. The first-order valence-corrected chi connectivity index (χ1v) is 12.1. The largest absolute Gasteiger partial charge is 0.481 e. The van der Waals surface area contributed by atoms with Crippen LogP contribution in [0.5, 0.6) is 0 Å². The molecule has 9 N–H and O–H groups in total. The van der Waals surface area contributed by atoms with E-state index >= 15 is 0 Å². The lowest BCUT2D eigenvalue weighted by molar-refractivity contribution is -0.143. The summed E-state index contributed by atoms with van der Waals surface area (Å²) >= 11 is 1.38. The monoisotopic (exact) mass is 516 g/mol. The third-order valence-corrected chi connectivity index (χ3v) is 5.54. The number of imidazole rings is 1. The van der Waals surface area contributed by atoms with Crippen molar-refractivity contribution in [2.45, 2.75) is 62.9 Å². The first-order valence-electron chi connectivity index (χ1n) is 10.7. The van der Waals surface area contributed by atoms with Crippen LogP contribution in [-0.4, -0.2) is 97.2 Å². The average Bonchev–Trinajstić information content (AvgIpc) is 3.29. The predicted molar refractivity (Wildman–Crippen MR) is 125 cm³/mol. The van der Waals surface area contributed by atoms with Gasteiger partial charge in [0.15, 0.2) is 0 Å². The number of H-pyrrole nitrogens is 1. The fourth-order valence-electron chi connectivity index (χ4n) is 2.95. The smallest absolute Gasteiger partial charge is 0.326 e. The van der Waals surface area contributed by atoms with Gasteiger partial charge < -0.3 is 42.0 Å². The quantitative estimate of drug-likeness (QED) is 0.117. The van der Waals surface area contributed by atoms with E-state index in [1.165, 1.54) is 31.2 Å². The lowest BCUT2D eigenvalue weighted by Gasteiger charge is -2.26. The Morgan fingerprint density at radius 1 is 1.06 bits per heavy atom. The van der Waals surface area contributed by atoms with Gasteiger partial charge in [-0.2, -0.15) is 11.8 Å². The summed E-state index contributed by atoms with van der Waals surface area (Å²) in [4.78, 5) is 67.0. The van der Waals surface area contributed by atoms with E-state index in [4.69, 9.17) is 10.8 Å². The minimum absolute atomic E-state index is 0.0796. The number of carboxylic acids is 2. The molecule has 0 aromatic carbocycles. The lowest BCUT2D eigenvalue weighted by Crippen LogP contribution is -2.60. The summed E-state index contributed by atoms with van der Waals surface area (Å²) in [5.74, 6) is -4.70. The van der Waals surface area contributed by atoms with Crippen molar-refractivity contribution in [1.82, 2.24) is 25.9 Å². The second-order valence-electron chi connectivity index (χ2n) is 7.79. The molecule has 0 radical (unpaired) electrons. The normalized spacial score (nSPS) is 15.2. The third-order valence-electron chi connectivity index (χ3n) is 4.90. The van der Waals surface area contributed by atoms with Gasteiger partial charge in [-0.05, 0) is 31.8 Å². The number of amides is 3. The zero-order valence-corrected chi connectivity index (χ0v) is 20.2. The summed E-state index contributed by atoms with van der Waals surface area (Å²) in [5, 5.41) is 35.3. The molecule has 1 heterocycles. The van der Waals surface area contributed by atoms with Crippen LogP contribution in [0, 0.1) is 0 Å². The zero-order valence-electron chi connectivity index (χ0n) is 19.4. The fourth-order valence-corrected chi connectivity index (χ4v) is 3.43. The molecule has 0 saturated carbocycles. The maximum Gasteiger partial charge on any atom is 0.326 e. The molecule has 0 aliphatic heterocycles. The number of aliphatic carboxylic acids is 2. The molecule has 1 rings (SSSR count). The van der Waals surface area contributed by atoms with Gasteiger partial charge in [0, 0.05) is 24.7 Å². The molecule has 0 saturated heterocycles. The lowest BCUT2D eigenvalue weighted by atomic mass is 10.1. The van der Waals surface area contributed by atoms with E-state index in [1.54, 1.807) is 6.26 Å². The number of aromatic amines is 1. The minimum atomic E-state index is -1.51. The zero-order chi connectivity index (χ0) is 26.5. The predicted octanol–water partition coefficient (Wildman–Crippen LogP) is -2.18. The second-order valence-corrected chi connectivity index (χ2v) is 8.77. The van der Waals surface area contributed by atoms with Crippen molar-refractivity contribution in [3.05, 3.63) is 18.2 Å². The first-order chi connectivity index (χ1) is 16.5. The molecule has 0 fully saturated rings. The second kappa shape index (κ2) is 15.0. The van der Waals surface area contributed by atoms with Crippen LogP contribution in [0.1, 0.15) is 31.9 Å². The minimum Gasteiger partial charge on any atom is -0.481 e. The van der Waals surface area contributed by atoms with E-state index < -0.39 is 66.4 Å². The highest BCUT2D eigenvalue weighted by Gasteiger charge is 2.32. The number of nitrogens with one attached hydrogen (secondary N) is 4. The number of thioether (sulfide) groups is 1. The average molecular weight is 517 g/mol. The highest BCUT2D eigenvalue weighted by atomic mass is 32.2. The van der Waals surface area contributed by atoms with Gasteiger partial charge in [-0.1, -0.05) is 0 Å². The van der Waals surface area contributed by atoms with Crippen LogP contribution in [0.25, 0.3) is 0 Å². The molecule has 0 aliphatic rings. The molecule has 0 spiro atoms. The molecular weight excluding hydrogens is 484 g/mol. The van der Waals surface area contributed by atoms with Crippen molar-refractivity contribution >= 4 is 41.4 Å².